The Bertz CT molecular complexity index is 442. The van der Waals surface area contributed by atoms with E-state index in [9.17, 15) is 8.42 Å². The Balaban J connectivity index is 2.25. The maximum absolute atomic E-state index is 11.7. The quantitative estimate of drug-likeness (QED) is 0.744. The number of nitrogens with zero attached hydrogens (tertiary/aromatic N) is 1. The number of rotatable bonds is 1. The Morgan fingerprint density at radius 3 is 2.00 bits per heavy atom. The summed E-state index contributed by atoms with van der Waals surface area (Å²) in [7, 11) is -2.78. The summed E-state index contributed by atoms with van der Waals surface area (Å²) in [6.45, 7) is 13.5. The Hall–Kier alpha value is -0.0900. The van der Waals surface area contributed by atoms with E-state index in [-0.39, 0.29) is 11.1 Å². The van der Waals surface area contributed by atoms with Gasteiger partial charge in [-0.05, 0) is 45.4 Å². The zero-order valence-electron chi connectivity index (χ0n) is 13.3. The highest BCUT2D eigenvalue weighted by atomic mass is 32.2. The fraction of sp³-hybridized carbons (Fsp3) is 1.00. The lowest BCUT2D eigenvalue weighted by Gasteiger charge is -2.53. The molecule has 2 fully saturated rings. The monoisotopic (exact) mass is 287 g/mol. The largest absolute Gasteiger partial charge is 0.288 e. The first kappa shape index (κ1) is 15.3. The molecule has 3 nitrogen and oxygen atoms in total. The Labute approximate surface area is 118 Å². The molecule has 4 heteroatoms. The number of likely N-dealkylation sites (tertiary alicyclic amines) is 1. The number of hydrogen-bond donors (Lipinski definition) is 0. The summed E-state index contributed by atoms with van der Waals surface area (Å²) in [5.41, 5.74) is 0.275. The lowest BCUT2D eigenvalue weighted by atomic mass is 9.86. The SMILES string of the molecule is CC(C)(C)CC1CCC2(CS(=O)(=O)C2)N1C(C)(C)C. The van der Waals surface area contributed by atoms with Gasteiger partial charge >= 0.3 is 0 Å². The van der Waals surface area contributed by atoms with E-state index in [0.717, 1.165) is 19.3 Å². The summed E-state index contributed by atoms with van der Waals surface area (Å²) in [6.07, 6.45) is 3.33. The van der Waals surface area contributed by atoms with E-state index in [1.165, 1.54) is 0 Å². The van der Waals surface area contributed by atoms with Crippen LogP contribution in [0.4, 0.5) is 0 Å². The van der Waals surface area contributed by atoms with E-state index in [0.29, 0.717) is 23.0 Å². The minimum Gasteiger partial charge on any atom is -0.288 e. The molecular weight excluding hydrogens is 258 g/mol. The number of hydrogen-bond acceptors (Lipinski definition) is 3. The third kappa shape index (κ3) is 2.99. The van der Waals surface area contributed by atoms with Gasteiger partial charge < -0.3 is 0 Å². The van der Waals surface area contributed by atoms with Gasteiger partial charge in [-0.2, -0.15) is 0 Å². The van der Waals surface area contributed by atoms with Gasteiger partial charge in [0.1, 0.15) is 0 Å². The van der Waals surface area contributed by atoms with Crippen LogP contribution >= 0.6 is 0 Å². The molecule has 0 N–H and O–H groups in total. The fourth-order valence-electron chi connectivity index (χ4n) is 4.29. The van der Waals surface area contributed by atoms with E-state index >= 15 is 0 Å². The molecule has 2 rings (SSSR count). The lowest BCUT2D eigenvalue weighted by Crippen LogP contribution is -2.68. The van der Waals surface area contributed by atoms with Crippen LogP contribution in [0.5, 0.6) is 0 Å². The smallest absolute Gasteiger partial charge is 0.154 e. The van der Waals surface area contributed by atoms with Crippen molar-refractivity contribution in [3.63, 3.8) is 0 Å². The predicted molar refractivity (Wildman–Crippen MR) is 80.1 cm³/mol. The normalized spacial score (nSPS) is 30.5. The summed E-state index contributed by atoms with van der Waals surface area (Å²) in [6, 6.07) is 0.524. The van der Waals surface area contributed by atoms with E-state index in [1.54, 1.807) is 0 Å². The van der Waals surface area contributed by atoms with E-state index in [2.05, 4.69) is 46.4 Å². The van der Waals surface area contributed by atoms with Crippen LogP contribution in [0.3, 0.4) is 0 Å². The van der Waals surface area contributed by atoms with E-state index < -0.39 is 9.84 Å². The molecule has 0 bridgehead atoms. The van der Waals surface area contributed by atoms with Crippen LogP contribution in [-0.4, -0.2) is 41.9 Å². The van der Waals surface area contributed by atoms with Crippen molar-refractivity contribution >= 4 is 9.84 Å². The molecule has 0 saturated carbocycles. The molecule has 0 aromatic rings. The van der Waals surface area contributed by atoms with Crippen molar-refractivity contribution < 1.29 is 8.42 Å². The summed E-state index contributed by atoms with van der Waals surface area (Å²) < 4.78 is 23.4. The Morgan fingerprint density at radius 2 is 1.63 bits per heavy atom. The molecule has 0 aliphatic carbocycles. The van der Waals surface area contributed by atoms with Gasteiger partial charge in [0.2, 0.25) is 0 Å². The molecule has 19 heavy (non-hydrogen) atoms. The second-order valence-electron chi connectivity index (χ2n) is 8.75. The van der Waals surface area contributed by atoms with Gasteiger partial charge in [0.25, 0.3) is 0 Å². The summed E-state index contributed by atoms with van der Waals surface area (Å²) in [5.74, 6) is 0.746. The molecule has 2 aliphatic rings. The topological polar surface area (TPSA) is 37.4 Å². The highest BCUT2D eigenvalue weighted by molar-refractivity contribution is 7.93. The fourth-order valence-corrected chi connectivity index (χ4v) is 6.41. The van der Waals surface area contributed by atoms with Gasteiger partial charge in [0.05, 0.1) is 11.5 Å². The molecule has 2 heterocycles. The molecule has 1 unspecified atom stereocenters. The molecule has 2 saturated heterocycles. The Kier molecular flexibility index (Phi) is 3.38. The average molecular weight is 287 g/mol. The zero-order valence-corrected chi connectivity index (χ0v) is 14.1. The van der Waals surface area contributed by atoms with Crippen LogP contribution < -0.4 is 0 Å². The Morgan fingerprint density at radius 1 is 1.11 bits per heavy atom. The van der Waals surface area contributed by atoms with Gasteiger partial charge in [0, 0.05) is 17.1 Å². The molecule has 0 amide bonds. The van der Waals surface area contributed by atoms with Crippen LogP contribution in [0.1, 0.15) is 60.8 Å². The molecule has 0 aromatic carbocycles. The first-order valence-electron chi connectivity index (χ1n) is 7.35. The second kappa shape index (κ2) is 4.20. The highest BCUT2D eigenvalue weighted by Crippen LogP contribution is 2.48. The minimum atomic E-state index is -2.78. The predicted octanol–water partition coefficient (Wildman–Crippen LogP) is 2.85. The standard InChI is InChI=1S/C15H29NO2S/c1-13(2,3)9-12-7-8-15(10-19(17,18)11-15)16(12)14(4,5)6/h12H,7-11H2,1-6H3. The minimum absolute atomic E-state index is 0.0440. The van der Waals surface area contributed by atoms with Crippen molar-refractivity contribution in [2.45, 2.75) is 77.9 Å². The average Bonchev–Trinajstić information content (AvgIpc) is 2.37. The molecular formula is C15H29NO2S. The van der Waals surface area contributed by atoms with Crippen LogP contribution in [0.25, 0.3) is 0 Å². The van der Waals surface area contributed by atoms with Crippen molar-refractivity contribution in [3.05, 3.63) is 0 Å². The zero-order chi connectivity index (χ0) is 14.7. The van der Waals surface area contributed by atoms with Crippen LogP contribution in [0.2, 0.25) is 0 Å². The summed E-state index contributed by atoms with van der Waals surface area (Å²) >= 11 is 0. The summed E-state index contributed by atoms with van der Waals surface area (Å²) in [4.78, 5) is 2.53. The molecule has 0 radical (unpaired) electrons. The van der Waals surface area contributed by atoms with Crippen LogP contribution in [0, 0.1) is 5.41 Å². The van der Waals surface area contributed by atoms with Crippen molar-refractivity contribution in [2.24, 2.45) is 5.41 Å². The van der Waals surface area contributed by atoms with Gasteiger partial charge in [-0.1, -0.05) is 20.8 Å². The second-order valence-corrected chi connectivity index (χ2v) is 10.8. The van der Waals surface area contributed by atoms with Gasteiger partial charge in [0.15, 0.2) is 9.84 Å². The van der Waals surface area contributed by atoms with Crippen molar-refractivity contribution in [3.8, 4) is 0 Å². The maximum Gasteiger partial charge on any atom is 0.154 e. The molecule has 1 spiro atoms. The molecule has 112 valence electrons. The molecule has 0 aromatic heterocycles. The third-order valence-electron chi connectivity index (χ3n) is 4.37. The van der Waals surface area contributed by atoms with Crippen LogP contribution in [0.15, 0.2) is 0 Å². The van der Waals surface area contributed by atoms with Crippen molar-refractivity contribution in [1.29, 1.82) is 0 Å². The lowest BCUT2D eigenvalue weighted by molar-refractivity contribution is 0.0125. The van der Waals surface area contributed by atoms with Gasteiger partial charge in [-0.25, -0.2) is 8.42 Å². The maximum atomic E-state index is 11.7. The van der Waals surface area contributed by atoms with E-state index in [4.69, 9.17) is 0 Å². The molecule has 1 atom stereocenters. The summed E-state index contributed by atoms with van der Waals surface area (Å²) in [5, 5.41) is 0. The van der Waals surface area contributed by atoms with Crippen LogP contribution in [-0.2, 0) is 9.84 Å². The molecule has 2 aliphatic heterocycles. The first-order chi connectivity index (χ1) is 8.35. The van der Waals surface area contributed by atoms with Crippen molar-refractivity contribution in [2.75, 3.05) is 11.5 Å². The third-order valence-corrected chi connectivity index (χ3v) is 6.32. The van der Waals surface area contributed by atoms with E-state index in [1.807, 2.05) is 0 Å². The number of sulfone groups is 1. The highest BCUT2D eigenvalue weighted by Gasteiger charge is 2.60. The van der Waals surface area contributed by atoms with Gasteiger partial charge in [-0.15, -0.1) is 0 Å². The van der Waals surface area contributed by atoms with Gasteiger partial charge in [-0.3, -0.25) is 4.90 Å². The van der Waals surface area contributed by atoms with Crippen molar-refractivity contribution in [1.82, 2.24) is 4.90 Å². The first-order valence-corrected chi connectivity index (χ1v) is 9.17.